The number of nitrogens with one attached hydrogen (secondary N) is 2. The largest absolute Gasteiger partial charge is 0.480 e. The van der Waals surface area contributed by atoms with E-state index in [4.69, 9.17) is 9.94 Å². The Morgan fingerprint density at radius 3 is 2.00 bits per heavy atom. The number of rotatable bonds is 4. The average Bonchev–Trinajstić information content (AvgIpc) is 2.10. The molecule has 6 nitrogen and oxygen atoms in total. The van der Waals surface area contributed by atoms with Gasteiger partial charge in [-0.2, -0.15) is 0 Å². The van der Waals surface area contributed by atoms with Gasteiger partial charge in [-0.1, -0.05) is 20.8 Å². The second-order valence-corrected chi connectivity index (χ2v) is 6.45. The fourth-order valence-corrected chi connectivity index (χ4v) is 1.20. The quantitative estimate of drug-likeness (QED) is 0.674. The minimum absolute atomic E-state index is 0.193. The molecule has 2 amide bonds. The van der Waals surface area contributed by atoms with Crippen LogP contribution >= 0.6 is 0 Å². The van der Waals surface area contributed by atoms with E-state index in [9.17, 15) is 9.59 Å². The van der Waals surface area contributed by atoms with E-state index < -0.39 is 23.6 Å². The zero-order valence-corrected chi connectivity index (χ0v) is 12.0. The molecule has 0 bridgehead atoms. The van der Waals surface area contributed by atoms with Gasteiger partial charge in [-0.25, -0.2) is 15.1 Å². The van der Waals surface area contributed by atoms with Crippen LogP contribution in [0.4, 0.5) is 4.79 Å². The second kappa shape index (κ2) is 6.04. The van der Waals surface area contributed by atoms with Crippen LogP contribution in [-0.4, -0.2) is 28.7 Å². The Bertz CT molecular complexity index is 302. The number of aliphatic carboxylic acids is 1. The molecule has 0 spiro atoms. The molecule has 0 aliphatic rings. The minimum atomic E-state index is -1.06. The van der Waals surface area contributed by atoms with E-state index in [1.807, 2.05) is 20.8 Å². The predicted octanol–water partition coefficient (Wildman–Crippen LogP) is 1.91. The highest BCUT2D eigenvalue weighted by atomic mass is 16.7. The van der Waals surface area contributed by atoms with Crippen molar-refractivity contribution in [3.8, 4) is 0 Å². The van der Waals surface area contributed by atoms with Crippen molar-refractivity contribution in [3.05, 3.63) is 0 Å². The molecule has 106 valence electrons. The summed E-state index contributed by atoms with van der Waals surface area (Å²) in [5, 5.41) is 11.4. The van der Waals surface area contributed by atoms with Crippen molar-refractivity contribution < 1.29 is 19.5 Å². The van der Waals surface area contributed by atoms with Gasteiger partial charge in [0.15, 0.2) is 0 Å². The van der Waals surface area contributed by atoms with Crippen LogP contribution in [0.15, 0.2) is 0 Å². The van der Waals surface area contributed by atoms with E-state index in [-0.39, 0.29) is 5.41 Å². The summed E-state index contributed by atoms with van der Waals surface area (Å²) in [4.78, 5) is 27.6. The van der Waals surface area contributed by atoms with Gasteiger partial charge in [-0.3, -0.25) is 4.84 Å². The summed E-state index contributed by atoms with van der Waals surface area (Å²) in [5.41, 5.74) is 1.46. The van der Waals surface area contributed by atoms with E-state index in [1.54, 1.807) is 20.8 Å². The predicted molar refractivity (Wildman–Crippen MR) is 68.0 cm³/mol. The number of urea groups is 1. The lowest BCUT2D eigenvalue weighted by molar-refractivity contribution is -0.140. The second-order valence-electron chi connectivity index (χ2n) is 6.45. The van der Waals surface area contributed by atoms with Gasteiger partial charge >= 0.3 is 12.0 Å². The van der Waals surface area contributed by atoms with Gasteiger partial charge in [0.05, 0.1) is 5.60 Å². The summed E-state index contributed by atoms with van der Waals surface area (Å²) in [7, 11) is 0. The van der Waals surface area contributed by atoms with E-state index >= 15 is 0 Å². The SMILES string of the molecule is CC(C)(C)C[C@H](NC(=O)NOC(C)(C)C)C(=O)O. The highest BCUT2D eigenvalue weighted by Gasteiger charge is 2.26. The molecule has 0 unspecified atom stereocenters. The van der Waals surface area contributed by atoms with Crippen LogP contribution in [0.25, 0.3) is 0 Å². The molecule has 0 saturated carbocycles. The number of hydroxylamine groups is 1. The number of carbonyl (C=O) groups excluding carboxylic acids is 1. The fourth-order valence-electron chi connectivity index (χ4n) is 1.20. The molecule has 0 aromatic heterocycles. The van der Waals surface area contributed by atoms with Crippen LogP contribution in [0.1, 0.15) is 48.0 Å². The normalized spacial score (nSPS) is 13.9. The number of carboxylic acid groups (broad SMARTS) is 1. The number of amides is 2. The maximum atomic E-state index is 11.5. The van der Waals surface area contributed by atoms with E-state index in [0.717, 1.165) is 0 Å². The van der Waals surface area contributed by atoms with Crippen LogP contribution in [0.5, 0.6) is 0 Å². The Hall–Kier alpha value is -1.30. The van der Waals surface area contributed by atoms with Gasteiger partial charge in [-0.15, -0.1) is 0 Å². The van der Waals surface area contributed by atoms with Crippen LogP contribution in [-0.2, 0) is 9.63 Å². The van der Waals surface area contributed by atoms with Crippen molar-refractivity contribution in [2.75, 3.05) is 0 Å². The Kier molecular flexibility index (Phi) is 5.60. The zero-order valence-electron chi connectivity index (χ0n) is 12.0. The lowest BCUT2D eigenvalue weighted by Gasteiger charge is -2.25. The molecule has 0 aromatic carbocycles. The molecule has 0 rings (SSSR count). The minimum Gasteiger partial charge on any atom is -0.480 e. The summed E-state index contributed by atoms with van der Waals surface area (Å²) < 4.78 is 0. The smallest absolute Gasteiger partial charge is 0.339 e. The first kappa shape index (κ1) is 16.7. The molecule has 6 heteroatoms. The number of carboxylic acids is 1. The standard InChI is InChI=1S/C12H24N2O4/c1-11(2,3)7-8(9(15)16)13-10(17)14-18-12(4,5)6/h8H,7H2,1-6H3,(H,15,16)(H2,13,14,17)/t8-/m0/s1. The van der Waals surface area contributed by atoms with E-state index in [0.29, 0.717) is 6.42 Å². The molecule has 0 fully saturated rings. The highest BCUT2D eigenvalue weighted by molar-refractivity contribution is 5.81. The molecule has 0 radical (unpaired) electrons. The summed E-state index contributed by atoms with van der Waals surface area (Å²) >= 11 is 0. The van der Waals surface area contributed by atoms with Crippen molar-refractivity contribution in [3.63, 3.8) is 0 Å². The van der Waals surface area contributed by atoms with Gasteiger partial charge < -0.3 is 10.4 Å². The third kappa shape index (κ3) is 8.81. The zero-order chi connectivity index (χ0) is 14.6. The first-order valence-electron chi connectivity index (χ1n) is 5.88. The van der Waals surface area contributed by atoms with E-state index in [1.165, 1.54) is 0 Å². The highest BCUT2D eigenvalue weighted by Crippen LogP contribution is 2.20. The molecular weight excluding hydrogens is 236 g/mol. The van der Waals surface area contributed by atoms with Gasteiger partial charge in [-0.05, 0) is 32.6 Å². The molecule has 1 atom stereocenters. The third-order valence-corrected chi connectivity index (χ3v) is 1.87. The lowest BCUT2D eigenvalue weighted by atomic mass is 9.88. The van der Waals surface area contributed by atoms with Crippen molar-refractivity contribution >= 4 is 12.0 Å². The van der Waals surface area contributed by atoms with Crippen LogP contribution in [0.2, 0.25) is 0 Å². The molecule has 0 aliphatic carbocycles. The number of hydrogen-bond acceptors (Lipinski definition) is 3. The Labute approximate surface area is 108 Å². The maximum absolute atomic E-state index is 11.5. The molecule has 0 saturated heterocycles. The molecule has 0 heterocycles. The molecule has 0 aliphatic heterocycles. The molecule has 0 aromatic rings. The molecular formula is C12H24N2O4. The van der Waals surface area contributed by atoms with Crippen LogP contribution in [0, 0.1) is 5.41 Å². The third-order valence-electron chi connectivity index (χ3n) is 1.87. The van der Waals surface area contributed by atoms with Crippen molar-refractivity contribution in [1.29, 1.82) is 0 Å². The van der Waals surface area contributed by atoms with Crippen molar-refractivity contribution in [2.24, 2.45) is 5.41 Å². The summed E-state index contributed by atoms with van der Waals surface area (Å²) in [6.07, 6.45) is 0.339. The van der Waals surface area contributed by atoms with Gasteiger partial charge in [0.2, 0.25) is 0 Å². The van der Waals surface area contributed by atoms with Crippen LogP contribution in [0.3, 0.4) is 0 Å². The summed E-state index contributed by atoms with van der Waals surface area (Å²) in [6, 6.07) is -1.59. The molecule has 18 heavy (non-hydrogen) atoms. The average molecular weight is 260 g/mol. The van der Waals surface area contributed by atoms with Gasteiger partial charge in [0.1, 0.15) is 6.04 Å². The van der Waals surface area contributed by atoms with Crippen LogP contribution < -0.4 is 10.8 Å². The maximum Gasteiger partial charge on any atom is 0.339 e. The Balaban J connectivity index is 4.34. The monoisotopic (exact) mass is 260 g/mol. The van der Waals surface area contributed by atoms with Gasteiger partial charge in [0, 0.05) is 0 Å². The van der Waals surface area contributed by atoms with Crippen molar-refractivity contribution in [1.82, 2.24) is 10.8 Å². The number of carbonyl (C=O) groups is 2. The lowest BCUT2D eigenvalue weighted by Crippen LogP contribution is -2.48. The summed E-state index contributed by atoms with van der Waals surface area (Å²) in [5.74, 6) is -1.06. The first-order valence-corrected chi connectivity index (χ1v) is 5.88. The Morgan fingerprint density at radius 1 is 1.17 bits per heavy atom. The fraction of sp³-hybridized carbons (Fsp3) is 0.833. The van der Waals surface area contributed by atoms with Crippen molar-refractivity contribution in [2.45, 2.75) is 59.6 Å². The molecule has 3 N–H and O–H groups in total. The van der Waals surface area contributed by atoms with E-state index in [2.05, 4.69) is 10.8 Å². The van der Waals surface area contributed by atoms with Gasteiger partial charge in [0.25, 0.3) is 0 Å². The topological polar surface area (TPSA) is 87.7 Å². The Morgan fingerprint density at radius 2 is 1.67 bits per heavy atom. The first-order chi connectivity index (χ1) is 7.91. The summed E-state index contributed by atoms with van der Waals surface area (Å²) in [6.45, 7) is 11.1. The number of hydrogen-bond donors (Lipinski definition) is 3.